The van der Waals surface area contributed by atoms with Crippen LogP contribution < -0.4 is 5.32 Å². The minimum absolute atomic E-state index is 0.234. The highest BCUT2D eigenvalue weighted by atomic mass is 16.4. The molecule has 1 aromatic heterocycles. The largest absolute Gasteiger partial charge is 0.478 e. The van der Waals surface area contributed by atoms with E-state index in [2.05, 4.69) is 51.9 Å². The van der Waals surface area contributed by atoms with Crippen LogP contribution in [0.3, 0.4) is 0 Å². The minimum Gasteiger partial charge on any atom is -0.478 e. The number of aromatic nitrogens is 2. The summed E-state index contributed by atoms with van der Waals surface area (Å²) < 4.78 is 0. The van der Waals surface area contributed by atoms with Crippen molar-refractivity contribution in [2.45, 2.75) is 25.7 Å². The van der Waals surface area contributed by atoms with Crippen LogP contribution in [-0.4, -0.2) is 21.3 Å². The Morgan fingerprint density at radius 2 is 1.77 bits per heavy atom. The zero-order valence-electron chi connectivity index (χ0n) is 17.1. The van der Waals surface area contributed by atoms with Gasteiger partial charge < -0.3 is 10.4 Å². The average Bonchev–Trinajstić information content (AvgIpc) is 3.23. The number of nitrogens with zero attached hydrogens (tertiary/aromatic N) is 1. The van der Waals surface area contributed by atoms with Crippen LogP contribution in [0.2, 0.25) is 0 Å². The molecule has 0 radical (unpaired) electrons. The molecule has 3 aromatic carbocycles. The Hall–Kier alpha value is -3.86. The fourth-order valence-electron chi connectivity index (χ4n) is 4.23. The van der Waals surface area contributed by atoms with Crippen molar-refractivity contribution in [2.24, 2.45) is 0 Å². The number of aromatic carboxylic acids is 1. The molecular weight excluding hydrogens is 386 g/mol. The van der Waals surface area contributed by atoms with E-state index >= 15 is 0 Å². The molecule has 0 saturated heterocycles. The second kappa shape index (κ2) is 8.11. The predicted octanol–water partition coefficient (Wildman–Crippen LogP) is 6.63. The van der Waals surface area contributed by atoms with E-state index in [9.17, 15) is 9.90 Å². The molecular formula is C26H23N3O2. The molecule has 31 heavy (non-hydrogen) atoms. The van der Waals surface area contributed by atoms with Crippen molar-refractivity contribution in [3.05, 3.63) is 83.9 Å². The number of rotatable bonds is 5. The van der Waals surface area contributed by atoms with Gasteiger partial charge in [0.1, 0.15) is 0 Å². The Bertz CT molecular complexity index is 1290. The normalized spacial score (nSPS) is 13.7. The minimum atomic E-state index is -0.954. The SMILES string of the molecule is O=C(O)c1cccc(Nc2n[nH]c3cccc(-c4ccc(C5=CCCCC5)cc4)c23)c1. The fourth-order valence-corrected chi connectivity index (χ4v) is 4.23. The first-order chi connectivity index (χ1) is 15.2. The van der Waals surface area contributed by atoms with Crippen molar-refractivity contribution < 1.29 is 9.90 Å². The first kappa shape index (κ1) is 19.1. The van der Waals surface area contributed by atoms with Gasteiger partial charge in [0.2, 0.25) is 0 Å². The third kappa shape index (κ3) is 3.82. The van der Waals surface area contributed by atoms with Crippen molar-refractivity contribution in [3.8, 4) is 11.1 Å². The summed E-state index contributed by atoms with van der Waals surface area (Å²) in [5, 5.41) is 21.1. The number of nitrogens with one attached hydrogen (secondary N) is 2. The van der Waals surface area contributed by atoms with Crippen molar-refractivity contribution >= 4 is 34.0 Å². The van der Waals surface area contributed by atoms with Crippen molar-refractivity contribution in [1.82, 2.24) is 10.2 Å². The maximum Gasteiger partial charge on any atom is 0.335 e. The molecule has 1 aliphatic carbocycles. The van der Waals surface area contributed by atoms with Crippen LogP contribution in [0.1, 0.15) is 41.6 Å². The van der Waals surface area contributed by atoms with Gasteiger partial charge in [-0.3, -0.25) is 5.10 Å². The third-order valence-electron chi connectivity index (χ3n) is 5.82. The molecule has 5 rings (SSSR count). The lowest BCUT2D eigenvalue weighted by Gasteiger charge is -2.14. The third-order valence-corrected chi connectivity index (χ3v) is 5.82. The lowest BCUT2D eigenvalue weighted by Crippen LogP contribution is -1.98. The number of carboxylic acid groups (broad SMARTS) is 1. The highest BCUT2D eigenvalue weighted by Gasteiger charge is 2.14. The number of fused-ring (bicyclic) bond motifs is 1. The molecule has 5 nitrogen and oxygen atoms in total. The van der Waals surface area contributed by atoms with E-state index < -0.39 is 5.97 Å². The van der Waals surface area contributed by atoms with Crippen LogP contribution in [0.15, 0.2) is 72.8 Å². The molecule has 4 aromatic rings. The van der Waals surface area contributed by atoms with Crippen LogP contribution in [0, 0.1) is 0 Å². The van der Waals surface area contributed by atoms with Gasteiger partial charge in [-0.15, -0.1) is 0 Å². The summed E-state index contributed by atoms with van der Waals surface area (Å²) in [7, 11) is 0. The van der Waals surface area contributed by atoms with Crippen LogP contribution in [-0.2, 0) is 0 Å². The first-order valence-corrected chi connectivity index (χ1v) is 10.6. The first-order valence-electron chi connectivity index (χ1n) is 10.6. The Labute approximate surface area is 180 Å². The van der Waals surface area contributed by atoms with Crippen LogP contribution in [0.4, 0.5) is 11.5 Å². The molecule has 0 spiro atoms. The molecule has 1 aliphatic rings. The number of hydrogen-bond donors (Lipinski definition) is 3. The van der Waals surface area contributed by atoms with E-state index in [-0.39, 0.29) is 5.56 Å². The average molecular weight is 409 g/mol. The van der Waals surface area contributed by atoms with Gasteiger partial charge in [0, 0.05) is 5.69 Å². The quantitative estimate of drug-likeness (QED) is 0.346. The van der Waals surface area contributed by atoms with Gasteiger partial charge in [0.25, 0.3) is 0 Å². The molecule has 0 atom stereocenters. The molecule has 0 amide bonds. The number of benzene rings is 3. The van der Waals surface area contributed by atoms with Gasteiger partial charge in [-0.05, 0) is 72.2 Å². The molecule has 0 fully saturated rings. The van der Waals surface area contributed by atoms with Gasteiger partial charge in [-0.25, -0.2) is 4.79 Å². The monoisotopic (exact) mass is 409 g/mol. The number of carboxylic acids is 1. The summed E-state index contributed by atoms with van der Waals surface area (Å²) in [6, 6.07) is 21.6. The Morgan fingerprint density at radius 3 is 2.55 bits per heavy atom. The molecule has 0 bridgehead atoms. The van der Waals surface area contributed by atoms with Gasteiger partial charge in [0.05, 0.1) is 16.5 Å². The zero-order valence-corrected chi connectivity index (χ0v) is 17.1. The number of H-pyrrole nitrogens is 1. The van der Waals surface area contributed by atoms with Crippen molar-refractivity contribution in [1.29, 1.82) is 0 Å². The Balaban J connectivity index is 1.51. The summed E-state index contributed by atoms with van der Waals surface area (Å²) >= 11 is 0. The summed E-state index contributed by atoms with van der Waals surface area (Å²) in [6.45, 7) is 0. The van der Waals surface area contributed by atoms with Crippen LogP contribution >= 0.6 is 0 Å². The standard InChI is InChI=1S/C26H23N3O2/c30-26(31)20-8-4-9-21(16-20)27-25-24-22(10-5-11-23(24)28-29-25)19-14-12-18(13-15-19)17-6-2-1-3-7-17/h4-6,8-16H,1-3,7H2,(H,30,31)(H2,27,28,29). The molecule has 5 heteroatoms. The van der Waals surface area contributed by atoms with Crippen molar-refractivity contribution in [3.63, 3.8) is 0 Å². The maximum absolute atomic E-state index is 11.3. The molecule has 0 aliphatic heterocycles. The van der Waals surface area contributed by atoms with Gasteiger partial charge in [-0.2, -0.15) is 5.10 Å². The van der Waals surface area contributed by atoms with Gasteiger partial charge in [0.15, 0.2) is 5.82 Å². The van der Waals surface area contributed by atoms with E-state index in [1.165, 1.54) is 30.4 Å². The number of hydrogen-bond acceptors (Lipinski definition) is 3. The smallest absolute Gasteiger partial charge is 0.335 e. The van der Waals surface area contributed by atoms with E-state index in [4.69, 9.17) is 0 Å². The van der Waals surface area contributed by atoms with E-state index in [1.54, 1.807) is 18.2 Å². The predicted molar refractivity (Wildman–Crippen MR) is 125 cm³/mol. The number of anilines is 2. The number of aromatic amines is 1. The second-order valence-electron chi connectivity index (χ2n) is 7.86. The topological polar surface area (TPSA) is 78.0 Å². The lowest BCUT2D eigenvalue weighted by molar-refractivity contribution is 0.0697. The molecule has 154 valence electrons. The molecule has 0 saturated carbocycles. The lowest BCUT2D eigenvalue weighted by atomic mass is 9.92. The van der Waals surface area contributed by atoms with Crippen LogP contribution in [0.25, 0.3) is 27.6 Å². The van der Waals surface area contributed by atoms with E-state index in [1.807, 2.05) is 18.2 Å². The second-order valence-corrected chi connectivity index (χ2v) is 7.86. The highest BCUT2D eigenvalue weighted by molar-refractivity contribution is 6.03. The van der Waals surface area contributed by atoms with Crippen molar-refractivity contribution in [2.75, 3.05) is 5.32 Å². The Kier molecular flexibility index (Phi) is 5.00. The van der Waals surface area contributed by atoms with Gasteiger partial charge >= 0.3 is 5.97 Å². The molecule has 1 heterocycles. The zero-order chi connectivity index (χ0) is 21.2. The van der Waals surface area contributed by atoms with Gasteiger partial charge in [-0.1, -0.05) is 48.5 Å². The summed E-state index contributed by atoms with van der Waals surface area (Å²) in [4.78, 5) is 11.3. The number of allylic oxidation sites excluding steroid dienone is 2. The highest BCUT2D eigenvalue weighted by Crippen LogP contribution is 2.35. The summed E-state index contributed by atoms with van der Waals surface area (Å²) in [5.41, 5.74) is 6.78. The Morgan fingerprint density at radius 1 is 0.968 bits per heavy atom. The summed E-state index contributed by atoms with van der Waals surface area (Å²) in [6.07, 6.45) is 7.24. The summed E-state index contributed by atoms with van der Waals surface area (Å²) in [5.74, 6) is -0.281. The maximum atomic E-state index is 11.3. The number of carbonyl (C=O) groups is 1. The van der Waals surface area contributed by atoms with E-state index in [0.717, 1.165) is 28.5 Å². The fraction of sp³-hybridized carbons (Fsp3) is 0.154. The molecule has 0 unspecified atom stereocenters. The molecule has 3 N–H and O–H groups in total. The van der Waals surface area contributed by atoms with Crippen LogP contribution in [0.5, 0.6) is 0 Å². The van der Waals surface area contributed by atoms with E-state index in [0.29, 0.717) is 11.5 Å².